The second-order valence-corrected chi connectivity index (χ2v) is 4.99. The van der Waals surface area contributed by atoms with E-state index in [1.165, 1.54) is 5.56 Å². The van der Waals surface area contributed by atoms with Gasteiger partial charge < -0.3 is 10.2 Å². The van der Waals surface area contributed by atoms with E-state index >= 15 is 0 Å². The van der Waals surface area contributed by atoms with E-state index in [4.69, 9.17) is 0 Å². The van der Waals surface area contributed by atoms with Gasteiger partial charge in [0.2, 0.25) is 0 Å². The largest absolute Gasteiger partial charge is 0.334 e. The normalized spacial score (nSPS) is 10.1. The summed E-state index contributed by atoms with van der Waals surface area (Å²) in [4.78, 5) is 13.7. The number of benzene rings is 2. The first-order valence-corrected chi connectivity index (χ1v) is 6.73. The molecule has 2 aromatic carbocycles. The Labute approximate surface area is 120 Å². The van der Waals surface area contributed by atoms with Crippen molar-refractivity contribution in [1.29, 1.82) is 0 Å². The lowest BCUT2D eigenvalue weighted by Crippen LogP contribution is -2.36. The molecular formula is C17H20N2O. The number of hydrogen-bond acceptors (Lipinski definition) is 1. The van der Waals surface area contributed by atoms with Crippen molar-refractivity contribution in [3.05, 3.63) is 71.3 Å². The molecule has 0 saturated heterocycles. The molecule has 0 aliphatic heterocycles. The molecule has 0 saturated carbocycles. The minimum Gasteiger partial charge on any atom is -0.334 e. The number of hydrogen-bond donors (Lipinski definition) is 1. The standard InChI is InChI=1S/C17H20N2O/c1-14-8-10-15(11-9-14)12-18-17(20)19(2)13-16-6-4-3-5-7-16/h3-11H,12-13H2,1-2H3,(H,18,20). The predicted octanol–water partition coefficient (Wildman–Crippen LogP) is 3.34. The number of amides is 2. The molecule has 2 aromatic rings. The quantitative estimate of drug-likeness (QED) is 0.906. The highest BCUT2D eigenvalue weighted by Gasteiger charge is 2.08. The maximum Gasteiger partial charge on any atom is 0.317 e. The summed E-state index contributed by atoms with van der Waals surface area (Å²) in [6, 6.07) is 18.1. The fourth-order valence-corrected chi connectivity index (χ4v) is 1.95. The summed E-state index contributed by atoms with van der Waals surface area (Å²) >= 11 is 0. The van der Waals surface area contributed by atoms with Gasteiger partial charge in [-0.1, -0.05) is 60.2 Å². The van der Waals surface area contributed by atoms with Gasteiger partial charge >= 0.3 is 6.03 Å². The summed E-state index contributed by atoms with van der Waals surface area (Å²) in [6.45, 7) is 3.22. The van der Waals surface area contributed by atoms with Crippen molar-refractivity contribution in [3.8, 4) is 0 Å². The second-order valence-electron chi connectivity index (χ2n) is 4.99. The highest BCUT2D eigenvalue weighted by atomic mass is 16.2. The number of nitrogens with one attached hydrogen (secondary N) is 1. The first-order valence-electron chi connectivity index (χ1n) is 6.73. The Bertz CT molecular complexity index is 549. The number of carbonyl (C=O) groups is 1. The average molecular weight is 268 g/mol. The summed E-state index contributed by atoms with van der Waals surface area (Å²) in [6.07, 6.45) is 0. The molecule has 3 nitrogen and oxygen atoms in total. The summed E-state index contributed by atoms with van der Waals surface area (Å²) < 4.78 is 0. The van der Waals surface area contributed by atoms with Crippen molar-refractivity contribution in [2.24, 2.45) is 0 Å². The van der Waals surface area contributed by atoms with Crippen LogP contribution in [0.4, 0.5) is 4.79 Å². The summed E-state index contributed by atoms with van der Waals surface area (Å²) in [5.41, 5.74) is 3.46. The minimum atomic E-state index is -0.0607. The Kier molecular flexibility index (Phi) is 4.77. The second kappa shape index (κ2) is 6.75. The van der Waals surface area contributed by atoms with Crippen molar-refractivity contribution < 1.29 is 4.79 Å². The molecule has 20 heavy (non-hydrogen) atoms. The van der Waals surface area contributed by atoms with Gasteiger partial charge in [-0.25, -0.2) is 4.79 Å². The fourth-order valence-electron chi connectivity index (χ4n) is 1.95. The molecule has 104 valence electrons. The summed E-state index contributed by atoms with van der Waals surface area (Å²) in [7, 11) is 1.80. The molecule has 3 heteroatoms. The van der Waals surface area contributed by atoms with Crippen LogP contribution in [0.1, 0.15) is 16.7 Å². The maximum atomic E-state index is 12.0. The van der Waals surface area contributed by atoms with Crippen molar-refractivity contribution in [3.63, 3.8) is 0 Å². The van der Waals surface area contributed by atoms with E-state index < -0.39 is 0 Å². The van der Waals surface area contributed by atoms with E-state index in [0.717, 1.165) is 11.1 Å². The van der Waals surface area contributed by atoms with Crippen molar-refractivity contribution in [2.45, 2.75) is 20.0 Å². The van der Waals surface area contributed by atoms with Crippen LogP contribution in [0.25, 0.3) is 0 Å². The monoisotopic (exact) mass is 268 g/mol. The topological polar surface area (TPSA) is 32.3 Å². The molecular weight excluding hydrogens is 248 g/mol. The Morgan fingerprint density at radius 2 is 1.65 bits per heavy atom. The summed E-state index contributed by atoms with van der Waals surface area (Å²) in [5.74, 6) is 0. The Balaban J connectivity index is 1.83. The zero-order chi connectivity index (χ0) is 14.4. The van der Waals surface area contributed by atoms with E-state index in [2.05, 4.69) is 24.4 Å². The highest BCUT2D eigenvalue weighted by Crippen LogP contribution is 2.05. The van der Waals surface area contributed by atoms with Crippen LogP contribution in [0.2, 0.25) is 0 Å². The number of aryl methyl sites for hydroxylation is 1. The molecule has 0 aromatic heterocycles. The third kappa shape index (κ3) is 4.12. The molecule has 0 bridgehead atoms. The molecule has 0 atom stereocenters. The van der Waals surface area contributed by atoms with E-state index in [1.54, 1.807) is 11.9 Å². The van der Waals surface area contributed by atoms with Gasteiger partial charge in [0.25, 0.3) is 0 Å². The third-order valence-corrected chi connectivity index (χ3v) is 3.17. The van der Waals surface area contributed by atoms with Crippen LogP contribution in [0.15, 0.2) is 54.6 Å². The van der Waals surface area contributed by atoms with Gasteiger partial charge in [-0.15, -0.1) is 0 Å². The summed E-state index contributed by atoms with van der Waals surface area (Å²) in [5, 5.41) is 2.93. The molecule has 2 amide bonds. The molecule has 2 rings (SSSR count). The van der Waals surface area contributed by atoms with Gasteiger partial charge in [0.15, 0.2) is 0 Å². The maximum absolute atomic E-state index is 12.0. The van der Waals surface area contributed by atoms with Crippen LogP contribution < -0.4 is 5.32 Å². The molecule has 0 radical (unpaired) electrons. The highest BCUT2D eigenvalue weighted by molar-refractivity contribution is 5.73. The fraction of sp³-hybridized carbons (Fsp3) is 0.235. The van der Waals surface area contributed by atoms with E-state index in [9.17, 15) is 4.79 Å². The van der Waals surface area contributed by atoms with E-state index in [1.807, 2.05) is 42.5 Å². The van der Waals surface area contributed by atoms with Crippen molar-refractivity contribution in [2.75, 3.05) is 7.05 Å². The van der Waals surface area contributed by atoms with Crippen LogP contribution in [0, 0.1) is 6.92 Å². The van der Waals surface area contributed by atoms with Crippen LogP contribution in [-0.2, 0) is 13.1 Å². The number of urea groups is 1. The molecule has 0 spiro atoms. The van der Waals surface area contributed by atoms with Gasteiger partial charge in [-0.3, -0.25) is 0 Å². The third-order valence-electron chi connectivity index (χ3n) is 3.17. The first-order chi connectivity index (χ1) is 9.65. The van der Waals surface area contributed by atoms with Gasteiger partial charge in [0, 0.05) is 20.1 Å². The predicted molar refractivity (Wildman–Crippen MR) is 81.3 cm³/mol. The van der Waals surface area contributed by atoms with Gasteiger partial charge in [-0.2, -0.15) is 0 Å². The lowest BCUT2D eigenvalue weighted by Gasteiger charge is -2.18. The number of carbonyl (C=O) groups excluding carboxylic acids is 1. The smallest absolute Gasteiger partial charge is 0.317 e. The van der Waals surface area contributed by atoms with Crippen molar-refractivity contribution in [1.82, 2.24) is 10.2 Å². The van der Waals surface area contributed by atoms with Crippen molar-refractivity contribution >= 4 is 6.03 Å². The molecule has 0 aliphatic rings. The zero-order valence-corrected chi connectivity index (χ0v) is 12.0. The minimum absolute atomic E-state index is 0.0607. The lowest BCUT2D eigenvalue weighted by molar-refractivity contribution is 0.206. The Hall–Kier alpha value is -2.29. The van der Waals surface area contributed by atoms with Gasteiger partial charge in [0.05, 0.1) is 0 Å². The molecule has 0 unspecified atom stereocenters. The Morgan fingerprint density at radius 3 is 2.30 bits per heavy atom. The molecule has 0 heterocycles. The zero-order valence-electron chi connectivity index (χ0n) is 12.0. The van der Waals surface area contributed by atoms with E-state index in [-0.39, 0.29) is 6.03 Å². The number of nitrogens with zero attached hydrogens (tertiary/aromatic N) is 1. The molecule has 1 N–H and O–H groups in total. The van der Waals surface area contributed by atoms with Gasteiger partial charge in [-0.05, 0) is 18.1 Å². The number of rotatable bonds is 4. The van der Waals surface area contributed by atoms with E-state index in [0.29, 0.717) is 13.1 Å². The molecule has 0 aliphatic carbocycles. The lowest BCUT2D eigenvalue weighted by atomic mass is 10.1. The SMILES string of the molecule is Cc1ccc(CNC(=O)N(C)Cc2ccccc2)cc1. The van der Waals surface area contributed by atoms with Gasteiger partial charge in [0.1, 0.15) is 0 Å². The Morgan fingerprint density at radius 1 is 1.00 bits per heavy atom. The molecule has 0 fully saturated rings. The van der Waals surface area contributed by atoms with Crippen LogP contribution in [-0.4, -0.2) is 18.0 Å². The van der Waals surface area contributed by atoms with Crippen LogP contribution in [0.5, 0.6) is 0 Å². The van der Waals surface area contributed by atoms with Crippen LogP contribution in [0.3, 0.4) is 0 Å². The van der Waals surface area contributed by atoms with Crippen LogP contribution >= 0.6 is 0 Å². The average Bonchev–Trinajstić information content (AvgIpc) is 2.47. The first kappa shape index (κ1) is 14.1.